The molecule has 0 aromatic carbocycles. The molecule has 0 aromatic rings. The predicted molar refractivity (Wildman–Crippen MR) is 144 cm³/mol. The van der Waals surface area contributed by atoms with Gasteiger partial charge >= 0.3 is 35.9 Å². The van der Waals surface area contributed by atoms with E-state index in [1.165, 1.54) is 6.92 Å². The summed E-state index contributed by atoms with van der Waals surface area (Å²) in [6.45, 7) is 15.9. The quantitative estimate of drug-likeness (QED) is 0.170. The number of methoxy groups -OCH3 is 1. The number of rotatable bonds is 8. The van der Waals surface area contributed by atoms with Gasteiger partial charge in [0.25, 0.3) is 0 Å². The number of ether oxygens (including phenoxy) is 3. The standard InChI is InChI=1S/C12H24O3.C11H14F6O4.4CH4/c1-8-10(2,3)9(13)15-12(6,7)11(4,5)14;1-5-8(2,3)6(18)21-9(7(19)20-4,10(12,13)14)11(15,16)17;;;;/h14H,8H2,1-7H3;5H2,1-4H3;4*1H4. The molecule has 0 amide bonds. The number of carbonyl (C=O) groups is 3. The molecule has 13 heteroatoms. The van der Waals surface area contributed by atoms with Crippen molar-refractivity contribution in [3.8, 4) is 0 Å². The van der Waals surface area contributed by atoms with Crippen LogP contribution in [-0.2, 0) is 28.6 Å². The largest absolute Gasteiger partial charge is 0.466 e. The summed E-state index contributed by atoms with van der Waals surface area (Å²) in [6.07, 6.45) is -11.8. The summed E-state index contributed by atoms with van der Waals surface area (Å²) in [5.74, 6) is -4.84. The maximum absolute atomic E-state index is 12.9. The van der Waals surface area contributed by atoms with Gasteiger partial charge in [-0.1, -0.05) is 43.6 Å². The third-order valence-corrected chi connectivity index (χ3v) is 6.21. The van der Waals surface area contributed by atoms with E-state index in [0.717, 1.165) is 13.8 Å². The highest BCUT2D eigenvalue weighted by Gasteiger charge is 2.80. The molecule has 0 saturated carbocycles. The molecule has 1 N–H and O–H groups in total. The second kappa shape index (κ2) is 16.4. The molecule has 0 aliphatic heterocycles. The lowest BCUT2D eigenvalue weighted by Gasteiger charge is -2.38. The Balaban J connectivity index is -0.000000137. The van der Waals surface area contributed by atoms with Gasteiger partial charge in [-0.3, -0.25) is 9.59 Å². The van der Waals surface area contributed by atoms with Gasteiger partial charge in [-0.2, -0.15) is 26.3 Å². The zero-order valence-electron chi connectivity index (χ0n) is 22.6. The molecule has 0 aromatic heterocycles. The Kier molecular flexibility index (Phi) is 20.8. The minimum atomic E-state index is -6.22. The van der Waals surface area contributed by atoms with Crippen molar-refractivity contribution in [3.05, 3.63) is 0 Å². The predicted octanol–water partition coefficient (Wildman–Crippen LogP) is 8.06. The molecule has 0 heterocycles. The Morgan fingerprint density at radius 1 is 0.600 bits per heavy atom. The topological polar surface area (TPSA) is 99.1 Å². The van der Waals surface area contributed by atoms with Crippen LogP contribution in [0.5, 0.6) is 0 Å². The van der Waals surface area contributed by atoms with Crippen molar-refractivity contribution in [2.24, 2.45) is 10.8 Å². The molecular weight excluding hydrogens is 550 g/mol. The van der Waals surface area contributed by atoms with Gasteiger partial charge in [0.1, 0.15) is 5.60 Å². The van der Waals surface area contributed by atoms with Gasteiger partial charge in [-0.25, -0.2) is 4.79 Å². The number of carbonyl (C=O) groups excluding carboxylic acids is 3. The molecule has 0 bridgehead atoms. The first-order valence-corrected chi connectivity index (χ1v) is 11.0. The zero-order valence-corrected chi connectivity index (χ0v) is 22.6. The summed E-state index contributed by atoms with van der Waals surface area (Å²) in [4.78, 5) is 34.6. The molecular formula is C27H54F6O7. The number of alkyl halides is 6. The van der Waals surface area contributed by atoms with Crippen LogP contribution in [0.15, 0.2) is 0 Å². The second-order valence-electron chi connectivity index (χ2n) is 10.5. The molecule has 0 saturated heterocycles. The molecule has 0 fully saturated rings. The molecule has 0 atom stereocenters. The summed E-state index contributed by atoms with van der Waals surface area (Å²) < 4.78 is 89.7. The third kappa shape index (κ3) is 11.8. The van der Waals surface area contributed by atoms with E-state index in [9.17, 15) is 45.8 Å². The average Bonchev–Trinajstić information content (AvgIpc) is 2.68. The van der Waals surface area contributed by atoms with Gasteiger partial charge in [0.2, 0.25) is 0 Å². The van der Waals surface area contributed by atoms with Gasteiger partial charge < -0.3 is 19.3 Å². The van der Waals surface area contributed by atoms with Gasteiger partial charge in [0, 0.05) is 0 Å². The van der Waals surface area contributed by atoms with Crippen LogP contribution in [0.2, 0.25) is 0 Å². The van der Waals surface area contributed by atoms with Crippen LogP contribution >= 0.6 is 0 Å². The van der Waals surface area contributed by atoms with E-state index < -0.39 is 51.9 Å². The first-order valence-electron chi connectivity index (χ1n) is 11.0. The van der Waals surface area contributed by atoms with Gasteiger partial charge in [0.15, 0.2) is 0 Å². The van der Waals surface area contributed by atoms with E-state index in [1.54, 1.807) is 27.7 Å². The van der Waals surface area contributed by atoms with Gasteiger partial charge in [0.05, 0.1) is 23.5 Å². The van der Waals surface area contributed by atoms with E-state index >= 15 is 0 Å². The lowest BCUT2D eigenvalue weighted by Crippen LogP contribution is -2.66. The van der Waals surface area contributed by atoms with Gasteiger partial charge in [-0.15, -0.1) is 0 Å². The third-order valence-electron chi connectivity index (χ3n) is 6.21. The first-order chi connectivity index (χ1) is 15.6. The summed E-state index contributed by atoms with van der Waals surface area (Å²) >= 11 is 0. The minimum absolute atomic E-state index is 0. The van der Waals surface area contributed by atoms with E-state index in [4.69, 9.17) is 4.74 Å². The number of halogens is 6. The monoisotopic (exact) mass is 604 g/mol. The Hall–Kier alpha value is -2.05. The van der Waals surface area contributed by atoms with Crippen molar-refractivity contribution in [1.29, 1.82) is 0 Å². The Morgan fingerprint density at radius 3 is 1.07 bits per heavy atom. The Morgan fingerprint density at radius 2 is 0.875 bits per heavy atom. The van der Waals surface area contributed by atoms with Crippen molar-refractivity contribution < 1.29 is 60.0 Å². The van der Waals surface area contributed by atoms with Crippen LogP contribution < -0.4 is 0 Å². The smallest absolute Gasteiger partial charge is 0.449 e. The lowest BCUT2D eigenvalue weighted by atomic mass is 9.87. The molecule has 0 spiro atoms. The summed E-state index contributed by atoms with van der Waals surface area (Å²) in [5.41, 5.74) is -9.42. The van der Waals surface area contributed by atoms with Crippen LogP contribution in [0, 0.1) is 10.8 Å². The maximum atomic E-state index is 12.9. The number of hydrogen-bond acceptors (Lipinski definition) is 7. The molecule has 7 nitrogen and oxygen atoms in total. The highest BCUT2D eigenvalue weighted by molar-refractivity contribution is 5.87. The molecule has 0 aliphatic rings. The van der Waals surface area contributed by atoms with Crippen LogP contribution in [0.25, 0.3) is 0 Å². The van der Waals surface area contributed by atoms with Crippen LogP contribution in [-0.4, -0.2) is 59.3 Å². The highest BCUT2D eigenvalue weighted by atomic mass is 19.4. The summed E-state index contributed by atoms with van der Waals surface area (Å²) in [7, 11) is 0.327. The summed E-state index contributed by atoms with van der Waals surface area (Å²) in [6, 6.07) is 0. The van der Waals surface area contributed by atoms with Crippen molar-refractivity contribution in [3.63, 3.8) is 0 Å². The minimum Gasteiger partial charge on any atom is -0.466 e. The Bertz CT molecular complexity index is 764. The maximum Gasteiger partial charge on any atom is 0.449 e. The van der Waals surface area contributed by atoms with Crippen LogP contribution in [0.3, 0.4) is 0 Å². The molecule has 246 valence electrons. The van der Waals surface area contributed by atoms with E-state index in [-0.39, 0.29) is 42.1 Å². The first kappa shape index (κ1) is 50.8. The van der Waals surface area contributed by atoms with Crippen LogP contribution in [0.4, 0.5) is 26.3 Å². The lowest BCUT2D eigenvalue weighted by molar-refractivity contribution is -0.360. The summed E-state index contributed by atoms with van der Waals surface area (Å²) in [5, 5.41) is 9.86. The molecule has 0 aliphatic carbocycles. The second-order valence-corrected chi connectivity index (χ2v) is 10.5. The number of aliphatic hydroxyl groups is 1. The number of esters is 3. The molecule has 0 rings (SSSR count). The normalized spacial score (nSPS) is 12.4. The fourth-order valence-electron chi connectivity index (χ4n) is 1.75. The fraction of sp³-hybridized carbons (Fsp3) is 0.889. The van der Waals surface area contributed by atoms with Crippen molar-refractivity contribution in [2.45, 2.75) is 141 Å². The van der Waals surface area contributed by atoms with E-state index in [1.807, 2.05) is 20.8 Å². The molecule has 0 unspecified atom stereocenters. The van der Waals surface area contributed by atoms with Crippen LogP contribution in [0.1, 0.15) is 112 Å². The highest BCUT2D eigenvalue weighted by Crippen LogP contribution is 2.48. The zero-order chi connectivity index (χ0) is 29.8. The van der Waals surface area contributed by atoms with Crippen molar-refractivity contribution >= 4 is 17.9 Å². The van der Waals surface area contributed by atoms with E-state index in [2.05, 4.69) is 9.47 Å². The fourth-order valence-corrected chi connectivity index (χ4v) is 1.75. The Labute approximate surface area is 237 Å². The number of hydrogen-bond donors (Lipinski definition) is 1. The van der Waals surface area contributed by atoms with Gasteiger partial charge in [-0.05, 0) is 68.2 Å². The molecule has 40 heavy (non-hydrogen) atoms. The van der Waals surface area contributed by atoms with E-state index in [0.29, 0.717) is 13.5 Å². The van der Waals surface area contributed by atoms with Crippen molar-refractivity contribution in [2.75, 3.05) is 7.11 Å². The average molecular weight is 605 g/mol. The van der Waals surface area contributed by atoms with Crippen molar-refractivity contribution in [1.82, 2.24) is 0 Å². The molecule has 0 radical (unpaired) electrons. The SMILES string of the molecule is C.C.C.C.CCC(C)(C)C(=O)OC(C(=O)OC)(C(F)(F)F)C(F)(F)F.CCC(C)(C)C(=O)OC(C)(C)C(C)(C)O.